The largest absolute Gasteiger partial charge is 0.495 e. The van der Waals surface area contributed by atoms with Gasteiger partial charge < -0.3 is 16.9 Å². The number of carbonyl (C=O) groups excluding carboxylic acids is 1. The summed E-state index contributed by atoms with van der Waals surface area (Å²) in [6, 6.07) is 0. The summed E-state index contributed by atoms with van der Waals surface area (Å²) in [6.45, 7) is 0. The average molecular weight is 112 g/mol. The first-order valence-electron chi connectivity index (χ1n) is 1.92. The molecule has 0 aromatic heterocycles. The zero-order valence-electron chi connectivity index (χ0n) is 4.16. The summed E-state index contributed by atoms with van der Waals surface area (Å²) in [5.74, 6) is -1.06. The Labute approximate surface area is 46.7 Å². The van der Waals surface area contributed by atoms with E-state index in [4.69, 9.17) is 11.1 Å². The van der Waals surface area contributed by atoms with Crippen molar-refractivity contribution in [1.82, 2.24) is 0 Å². The van der Waals surface area contributed by atoms with E-state index in [9.17, 15) is 4.79 Å². The van der Waals surface area contributed by atoms with E-state index in [0.717, 1.165) is 12.2 Å². The third-order valence-corrected chi connectivity index (χ3v) is 0.418. The van der Waals surface area contributed by atoms with E-state index in [-0.39, 0.29) is 0 Å². The highest BCUT2D eigenvalue weighted by Crippen LogP contribution is 1.67. The van der Waals surface area contributed by atoms with Gasteiger partial charge in [-0.1, -0.05) is 11.9 Å². The number of amidine groups is 1. The summed E-state index contributed by atoms with van der Waals surface area (Å²) in [7, 11) is 0. The van der Waals surface area contributed by atoms with Crippen LogP contribution in [-0.2, 0) is 4.79 Å². The summed E-state index contributed by atoms with van der Waals surface area (Å²) in [5.41, 5.74) is 9.35. The van der Waals surface area contributed by atoms with Crippen molar-refractivity contribution in [3.8, 4) is 0 Å². The Bertz CT molecular complexity index is 122. The van der Waals surface area contributed by atoms with Gasteiger partial charge in [-0.15, -0.1) is 0 Å². The summed E-state index contributed by atoms with van der Waals surface area (Å²) in [4.78, 5) is 9.86. The fourth-order valence-corrected chi connectivity index (χ4v) is 0.168. The van der Waals surface area contributed by atoms with Crippen molar-refractivity contribution in [3.05, 3.63) is 17.6 Å². The molecule has 4 nitrogen and oxygen atoms in total. The molecule has 0 saturated carbocycles. The highest BCUT2D eigenvalue weighted by molar-refractivity contribution is 5.99. The van der Waals surface area contributed by atoms with Crippen LogP contribution in [0.25, 0.3) is 5.41 Å². The fraction of sp³-hybridized carbons (Fsp3) is 0. The SMILES string of the molecule is [N-]=C(N)/C=C\C(N)=O. The minimum Gasteiger partial charge on any atom is -0.495 e. The van der Waals surface area contributed by atoms with Crippen LogP contribution in [0.5, 0.6) is 0 Å². The van der Waals surface area contributed by atoms with Gasteiger partial charge >= 0.3 is 0 Å². The molecule has 1 amide bonds. The van der Waals surface area contributed by atoms with Crippen LogP contribution < -0.4 is 11.5 Å². The molecule has 0 heterocycles. The molecule has 44 valence electrons. The monoisotopic (exact) mass is 112 g/mol. The highest BCUT2D eigenvalue weighted by Gasteiger charge is 1.77. The number of primary amides is 1. The predicted octanol–water partition coefficient (Wildman–Crippen LogP) is -1.05. The van der Waals surface area contributed by atoms with Crippen molar-refractivity contribution in [2.45, 2.75) is 0 Å². The molecule has 0 rings (SSSR count). The van der Waals surface area contributed by atoms with E-state index in [0.29, 0.717) is 0 Å². The Morgan fingerprint density at radius 3 is 2.00 bits per heavy atom. The van der Waals surface area contributed by atoms with Crippen LogP contribution in [0.1, 0.15) is 0 Å². The van der Waals surface area contributed by atoms with Gasteiger partial charge in [0.05, 0.1) is 0 Å². The molecule has 0 bridgehead atoms. The van der Waals surface area contributed by atoms with E-state index in [1.165, 1.54) is 0 Å². The summed E-state index contributed by atoms with van der Waals surface area (Å²) >= 11 is 0. The molecule has 0 spiro atoms. The fourth-order valence-electron chi connectivity index (χ4n) is 0.168. The van der Waals surface area contributed by atoms with Gasteiger partial charge in [0.25, 0.3) is 0 Å². The van der Waals surface area contributed by atoms with Gasteiger partial charge in [-0.05, 0) is 0 Å². The van der Waals surface area contributed by atoms with Crippen LogP contribution in [0.3, 0.4) is 0 Å². The normalized spacial score (nSPS) is 9.50. The van der Waals surface area contributed by atoms with Crippen LogP contribution in [-0.4, -0.2) is 11.7 Å². The number of rotatable bonds is 2. The Kier molecular flexibility index (Phi) is 2.33. The first-order chi connectivity index (χ1) is 3.63. The van der Waals surface area contributed by atoms with Crippen molar-refractivity contribution in [3.63, 3.8) is 0 Å². The van der Waals surface area contributed by atoms with E-state index < -0.39 is 11.7 Å². The molecule has 0 aliphatic carbocycles. The van der Waals surface area contributed by atoms with Gasteiger partial charge in [-0.2, -0.15) is 0 Å². The van der Waals surface area contributed by atoms with Gasteiger partial charge in [0.2, 0.25) is 5.91 Å². The lowest BCUT2D eigenvalue weighted by atomic mass is 10.4. The maximum atomic E-state index is 9.86. The maximum Gasteiger partial charge on any atom is 0.241 e. The molecule has 0 fully saturated rings. The first kappa shape index (κ1) is 6.68. The molecule has 0 aliphatic heterocycles. The zero-order chi connectivity index (χ0) is 6.57. The maximum absolute atomic E-state index is 9.86. The summed E-state index contributed by atoms with van der Waals surface area (Å²) in [6.07, 6.45) is 1.98. The first-order valence-corrected chi connectivity index (χ1v) is 1.92. The standard InChI is InChI=1S/C4H6N3O/c5-3(6)1-2-4(7)8/h1-2H,(H4-,5,6,7,8)/q-1/b2-1-. The average Bonchev–Trinajstić information content (AvgIpc) is 1.61. The molecular weight excluding hydrogens is 106 g/mol. The van der Waals surface area contributed by atoms with E-state index >= 15 is 0 Å². The number of hydrogen-bond donors (Lipinski definition) is 2. The molecule has 8 heavy (non-hydrogen) atoms. The van der Waals surface area contributed by atoms with Crippen LogP contribution in [0.4, 0.5) is 0 Å². The molecule has 0 aromatic carbocycles. The number of carbonyl (C=O) groups is 1. The van der Waals surface area contributed by atoms with E-state index in [1.54, 1.807) is 0 Å². The highest BCUT2D eigenvalue weighted by atomic mass is 16.1. The van der Waals surface area contributed by atoms with Crippen molar-refractivity contribution < 1.29 is 4.79 Å². The second-order valence-electron chi connectivity index (χ2n) is 1.16. The Morgan fingerprint density at radius 2 is 1.88 bits per heavy atom. The van der Waals surface area contributed by atoms with Crippen LogP contribution >= 0.6 is 0 Å². The van der Waals surface area contributed by atoms with Gasteiger partial charge in [0, 0.05) is 6.08 Å². The van der Waals surface area contributed by atoms with Gasteiger partial charge in [-0.3, -0.25) is 4.79 Å². The lowest BCUT2D eigenvalue weighted by Crippen LogP contribution is -2.09. The second kappa shape index (κ2) is 2.79. The molecule has 4 N–H and O–H groups in total. The van der Waals surface area contributed by atoms with Crippen molar-refractivity contribution in [2.75, 3.05) is 0 Å². The molecular formula is C4H6N3O-. The van der Waals surface area contributed by atoms with Crippen molar-refractivity contribution in [1.29, 1.82) is 0 Å². The van der Waals surface area contributed by atoms with Gasteiger partial charge in [-0.25, -0.2) is 0 Å². The summed E-state index contributed by atoms with van der Waals surface area (Å²) < 4.78 is 0. The minimum absolute atomic E-state index is 0.427. The number of amides is 1. The van der Waals surface area contributed by atoms with Crippen LogP contribution in [0, 0.1) is 0 Å². The quantitative estimate of drug-likeness (QED) is 0.271. The minimum atomic E-state index is -0.637. The van der Waals surface area contributed by atoms with E-state index in [1.807, 2.05) is 0 Å². The lowest BCUT2D eigenvalue weighted by molar-refractivity contribution is -0.113. The second-order valence-corrected chi connectivity index (χ2v) is 1.16. The molecule has 0 atom stereocenters. The van der Waals surface area contributed by atoms with Crippen molar-refractivity contribution in [2.24, 2.45) is 11.5 Å². The summed E-state index contributed by atoms with van der Waals surface area (Å²) in [5, 5.41) is 8.20. The smallest absolute Gasteiger partial charge is 0.241 e. The third-order valence-electron chi connectivity index (χ3n) is 0.418. The number of nitrogens with zero attached hydrogens (tertiary/aromatic N) is 1. The lowest BCUT2D eigenvalue weighted by Gasteiger charge is -1.89. The molecule has 0 aromatic rings. The Morgan fingerprint density at radius 1 is 1.38 bits per heavy atom. The molecule has 4 heteroatoms. The molecule has 0 saturated heterocycles. The van der Waals surface area contributed by atoms with E-state index in [2.05, 4.69) is 5.73 Å². The predicted molar refractivity (Wildman–Crippen MR) is 30.9 cm³/mol. The number of hydrogen-bond acceptors (Lipinski definition) is 1. The van der Waals surface area contributed by atoms with Crippen molar-refractivity contribution >= 4 is 11.7 Å². The van der Waals surface area contributed by atoms with Crippen LogP contribution in [0.2, 0.25) is 0 Å². The Hall–Kier alpha value is -1.32. The number of nitrogens with two attached hydrogens (primary N) is 2. The molecule has 0 unspecified atom stereocenters. The topological polar surface area (TPSA) is 91.4 Å². The molecule has 0 aliphatic rings. The van der Waals surface area contributed by atoms with Crippen LogP contribution in [0.15, 0.2) is 12.2 Å². The van der Waals surface area contributed by atoms with Gasteiger partial charge in [0.1, 0.15) is 0 Å². The molecule has 0 radical (unpaired) electrons. The zero-order valence-corrected chi connectivity index (χ0v) is 4.16. The van der Waals surface area contributed by atoms with Gasteiger partial charge in [0.15, 0.2) is 0 Å². The Balaban J connectivity index is 3.67. The third kappa shape index (κ3) is 4.68.